The summed E-state index contributed by atoms with van der Waals surface area (Å²) in [5, 5.41) is 10.3. The number of fused-ring (bicyclic) bond motifs is 1. The van der Waals surface area contributed by atoms with Gasteiger partial charge in [-0.3, -0.25) is 0 Å². The van der Waals surface area contributed by atoms with Gasteiger partial charge in [-0.25, -0.2) is 4.98 Å². The third-order valence-corrected chi connectivity index (χ3v) is 4.75. The van der Waals surface area contributed by atoms with Crippen molar-refractivity contribution in [1.29, 1.82) is 0 Å². The Kier molecular flexibility index (Phi) is 4.13. The summed E-state index contributed by atoms with van der Waals surface area (Å²) in [6.45, 7) is 2.10. The van der Waals surface area contributed by atoms with Gasteiger partial charge in [-0.15, -0.1) is 0 Å². The maximum Gasteiger partial charge on any atom is 0.149 e. The summed E-state index contributed by atoms with van der Waals surface area (Å²) >= 11 is 0. The van der Waals surface area contributed by atoms with Crippen LogP contribution >= 0.6 is 0 Å². The molecule has 1 saturated heterocycles. The molecule has 4 heteroatoms. The van der Waals surface area contributed by atoms with E-state index >= 15 is 0 Å². The first-order chi connectivity index (χ1) is 11.7. The van der Waals surface area contributed by atoms with Gasteiger partial charge in [-0.2, -0.15) is 0 Å². The molecule has 1 fully saturated rings. The number of aromatic nitrogens is 2. The number of aliphatic hydroxyl groups is 1. The zero-order chi connectivity index (χ0) is 16.4. The molecule has 24 heavy (non-hydrogen) atoms. The second kappa shape index (κ2) is 6.43. The average molecular weight is 322 g/mol. The SMILES string of the molecule is OC1(C#Cc2ccc(-c3cn4c(n3)CCCC4)cc2)CCCOC1. The van der Waals surface area contributed by atoms with Crippen LogP contribution in [0, 0.1) is 11.8 Å². The Labute approximate surface area is 142 Å². The van der Waals surface area contributed by atoms with Gasteiger partial charge < -0.3 is 14.4 Å². The molecule has 1 N–H and O–H groups in total. The first-order valence-electron chi connectivity index (χ1n) is 8.72. The summed E-state index contributed by atoms with van der Waals surface area (Å²) in [6, 6.07) is 8.10. The van der Waals surface area contributed by atoms with E-state index in [4.69, 9.17) is 9.72 Å². The molecule has 0 radical (unpaired) electrons. The minimum atomic E-state index is -1.00. The third kappa shape index (κ3) is 3.24. The van der Waals surface area contributed by atoms with Crippen LogP contribution in [-0.4, -0.2) is 33.5 Å². The smallest absolute Gasteiger partial charge is 0.149 e. The maximum absolute atomic E-state index is 10.3. The highest BCUT2D eigenvalue weighted by molar-refractivity contribution is 5.60. The molecule has 0 saturated carbocycles. The molecule has 3 heterocycles. The van der Waals surface area contributed by atoms with E-state index in [0.29, 0.717) is 19.6 Å². The molecule has 0 bridgehead atoms. The van der Waals surface area contributed by atoms with Gasteiger partial charge in [0.05, 0.1) is 12.3 Å². The molecule has 0 spiro atoms. The molecule has 1 unspecified atom stereocenters. The number of imidazole rings is 1. The fourth-order valence-corrected chi connectivity index (χ4v) is 3.34. The summed E-state index contributed by atoms with van der Waals surface area (Å²) in [4.78, 5) is 4.75. The van der Waals surface area contributed by atoms with Gasteiger partial charge in [0.25, 0.3) is 0 Å². The summed E-state index contributed by atoms with van der Waals surface area (Å²) in [5.74, 6) is 7.25. The Hall–Kier alpha value is -2.09. The van der Waals surface area contributed by atoms with Crippen molar-refractivity contribution in [3.8, 4) is 23.1 Å². The normalized spacial score (nSPS) is 23.2. The van der Waals surface area contributed by atoms with Crippen LogP contribution in [0.4, 0.5) is 0 Å². The molecule has 0 amide bonds. The summed E-state index contributed by atoms with van der Waals surface area (Å²) in [7, 11) is 0. The van der Waals surface area contributed by atoms with Gasteiger partial charge in [-0.05, 0) is 37.8 Å². The molecule has 2 aliphatic heterocycles. The molecule has 1 aromatic heterocycles. The number of nitrogens with zero attached hydrogens (tertiary/aromatic N) is 2. The fourth-order valence-electron chi connectivity index (χ4n) is 3.34. The number of rotatable bonds is 1. The van der Waals surface area contributed by atoms with Crippen molar-refractivity contribution in [3.05, 3.63) is 41.9 Å². The number of benzene rings is 1. The van der Waals surface area contributed by atoms with E-state index in [1.807, 2.05) is 12.1 Å². The maximum atomic E-state index is 10.3. The molecular weight excluding hydrogens is 300 g/mol. The minimum Gasteiger partial charge on any atom is -0.377 e. The third-order valence-electron chi connectivity index (χ3n) is 4.75. The van der Waals surface area contributed by atoms with Crippen LogP contribution in [0.2, 0.25) is 0 Å². The summed E-state index contributed by atoms with van der Waals surface area (Å²) in [6.07, 6.45) is 7.23. The summed E-state index contributed by atoms with van der Waals surface area (Å²) < 4.78 is 7.60. The van der Waals surface area contributed by atoms with Gasteiger partial charge in [0.15, 0.2) is 0 Å². The topological polar surface area (TPSA) is 47.3 Å². The second-order valence-electron chi connectivity index (χ2n) is 6.71. The molecule has 1 atom stereocenters. The van der Waals surface area contributed by atoms with E-state index in [2.05, 4.69) is 34.7 Å². The highest BCUT2D eigenvalue weighted by Crippen LogP contribution is 2.23. The quantitative estimate of drug-likeness (QED) is 0.821. The van der Waals surface area contributed by atoms with E-state index in [-0.39, 0.29) is 0 Å². The Bertz CT molecular complexity index is 751. The fraction of sp³-hybridized carbons (Fsp3) is 0.450. The molecule has 4 nitrogen and oxygen atoms in total. The number of aryl methyl sites for hydroxylation is 2. The molecule has 2 aliphatic rings. The van der Waals surface area contributed by atoms with E-state index in [1.165, 1.54) is 18.7 Å². The van der Waals surface area contributed by atoms with Crippen molar-refractivity contribution < 1.29 is 9.84 Å². The van der Waals surface area contributed by atoms with Crippen molar-refractivity contribution >= 4 is 0 Å². The second-order valence-corrected chi connectivity index (χ2v) is 6.71. The molecule has 4 rings (SSSR count). The Morgan fingerprint density at radius 1 is 1.17 bits per heavy atom. The molecular formula is C20H22N2O2. The standard InChI is InChI=1S/C20H22N2O2/c23-20(10-3-13-24-15-20)11-9-16-5-7-17(8-6-16)18-14-22-12-2-1-4-19(22)21-18/h5-8,14,23H,1-4,10,12-13,15H2. The lowest BCUT2D eigenvalue weighted by Gasteiger charge is -2.26. The summed E-state index contributed by atoms with van der Waals surface area (Å²) in [5.41, 5.74) is 2.05. The van der Waals surface area contributed by atoms with Crippen molar-refractivity contribution in [3.63, 3.8) is 0 Å². The van der Waals surface area contributed by atoms with E-state index < -0.39 is 5.60 Å². The lowest BCUT2D eigenvalue weighted by atomic mass is 9.97. The van der Waals surface area contributed by atoms with Crippen molar-refractivity contribution in [2.45, 2.75) is 44.2 Å². The largest absolute Gasteiger partial charge is 0.377 e. The van der Waals surface area contributed by atoms with Gasteiger partial charge >= 0.3 is 0 Å². The predicted molar refractivity (Wildman–Crippen MR) is 92.5 cm³/mol. The first kappa shape index (κ1) is 15.4. The van der Waals surface area contributed by atoms with Crippen LogP contribution in [0.15, 0.2) is 30.5 Å². The first-order valence-corrected chi connectivity index (χ1v) is 8.72. The highest BCUT2D eigenvalue weighted by Gasteiger charge is 2.27. The Morgan fingerprint density at radius 3 is 2.79 bits per heavy atom. The number of hydrogen-bond acceptors (Lipinski definition) is 3. The van der Waals surface area contributed by atoms with Crippen LogP contribution < -0.4 is 0 Å². The predicted octanol–water partition coefficient (Wildman–Crippen LogP) is 2.78. The van der Waals surface area contributed by atoms with Crippen LogP contribution in [0.25, 0.3) is 11.3 Å². The van der Waals surface area contributed by atoms with Gasteiger partial charge in [0.1, 0.15) is 11.4 Å². The lowest BCUT2D eigenvalue weighted by Crippen LogP contribution is -2.36. The zero-order valence-electron chi connectivity index (χ0n) is 13.8. The average Bonchev–Trinajstić information content (AvgIpc) is 3.05. The van der Waals surface area contributed by atoms with Gasteiger partial charge in [0.2, 0.25) is 0 Å². The van der Waals surface area contributed by atoms with Gasteiger partial charge in [0, 0.05) is 36.9 Å². The van der Waals surface area contributed by atoms with Crippen molar-refractivity contribution in [2.75, 3.05) is 13.2 Å². The van der Waals surface area contributed by atoms with Crippen molar-refractivity contribution in [1.82, 2.24) is 9.55 Å². The monoisotopic (exact) mass is 322 g/mol. The zero-order valence-corrected chi connectivity index (χ0v) is 13.8. The van der Waals surface area contributed by atoms with Crippen LogP contribution in [0.3, 0.4) is 0 Å². The molecule has 124 valence electrons. The molecule has 1 aromatic carbocycles. The number of ether oxygens (including phenoxy) is 1. The Morgan fingerprint density at radius 2 is 2.04 bits per heavy atom. The molecule has 2 aromatic rings. The number of hydrogen-bond donors (Lipinski definition) is 1. The van der Waals surface area contributed by atoms with Crippen LogP contribution in [0.1, 0.15) is 37.1 Å². The van der Waals surface area contributed by atoms with Crippen LogP contribution in [-0.2, 0) is 17.7 Å². The highest BCUT2D eigenvalue weighted by atomic mass is 16.5. The van der Waals surface area contributed by atoms with E-state index in [9.17, 15) is 5.11 Å². The van der Waals surface area contributed by atoms with E-state index in [1.54, 1.807) is 0 Å². The van der Waals surface area contributed by atoms with E-state index in [0.717, 1.165) is 36.2 Å². The molecule has 0 aliphatic carbocycles. The van der Waals surface area contributed by atoms with Crippen molar-refractivity contribution in [2.24, 2.45) is 0 Å². The minimum absolute atomic E-state index is 0.304. The van der Waals surface area contributed by atoms with Gasteiger partial charge in [-0.1, -0.05) is 24.0 Å². The lowest BCUT2D eigenvalue weighted by molar-refractivity contribution is -0.0480. The Balaban J connectivity index is 1.52. The van der Waals surface area contributed by atoms with Crippen LogP contribution in [0.5, 0.6) is 0 Å².